The van der Waals surface area contributed by atoms with Gasteiger partial charge in [-0.05, 0) is 108 Å². The molecule has 0 saturated carbocycles. The summed E-state index contributed by atoms with van der Waals surface area (Å²) in [6.45, 7) is 0. The number of carbonyl (C=O) groups is 1. The zero-order chi connectivity index (χ0) is 42.5. The number of azo groups is 2. The fourth-order valence-electron chi connectivity index (χ4n) is 6.20. The number of benzene rings is 6. The average molecular weight is 849 g/mol. The van der Waals surface area contributed by atoms with Crippen molar-refractivity contribution in [1.29, 1.82) is 0 Å². The van der Waals surface area contributed by atoms with Gasteiger partial charge in [-0.1, -0.05) is 0 Å². The number of fused-ring (bicyclic) bond motifs is 4. The number of nitrogens with zero attached hydrogens (tertiary/aromatic N) is 4. The third kappa shape index (κ3) is 7.86. The number of rotatable bonds is 8. The third-order valence-electron chi connectivity index (χ3n) is 8.91. The van der Waals surface area contributed by atoms with Gasteiger partial charge in [0.2, 0.25) is 0 Å². The van der Waals surface area contributed by atoms with Gasteiger partial charge in [-0.25, -0.2) is 14.4 Å². The molecule has 2 amide bonds. The summed E-state index contributed by atoms with van der Waals surface area (Å²) in [5, 5.41) is 44.3. The van der Waals surface area contributed by atoms with Gasteiger partial charge in [-0.15, -0.1) is 10.2 Å². The molecular weight excluding hydrogens is 825 g/mol. The fourth-order valence-corrected chi connectivity index (χ4v) is 7.51. The topological polar surface area (TPSA) is 300 Å². The largest absolute Gasteiger partial charge is 0.505 e. The Morgan fingerprint density at radius 1 is 0.500 bits per heavy atom. The summed E-state index contributed by atoms with van der Waals surface area (Å²) in [4.78, 5) is 34.5. The van der Waals surface area contributed by atoms with Crippen molar-refractivity contribution >= 4 is 104 Å². The predicted molar refractivity (Wildman–Crippen MR) is 217 cm³/mol. The van der Waals surface area contributed by atoms with Gasteiger partial charge in [0.05, 0.1) is 11.4 Å². The van der Waals surface area contributed by atoms with Gasteiger partial charge >= 0.3 is 17.3 Å². The molecule has 2 aromatic heterocycles. The van der Waals surface area contributed by atoms with E-state index in [1.165, 1.54) is 97.1 Å². The van der Waals surface area contributed by atoms with Crippen LogP contribution in [0.5, 0.6) is 11.5 Å². The maximum atomic E-state index is 13.1. The molecule has 6 N–H and O–H groups in total. The molecule has 0 aliphatic heterocycles. The Labute approximate surface area is 335 Å². The van der Waals surface area contributed by atoms with Crippen molar-refractivity contribution < 1.29 is 49.8 Å². The lowest BCUT2D eigenvalue weighted by molar-refractivity contribution is 0.262. The number of urea groups is 1. The predicted octanol–water partition coefficient (Wildman–Crippen LogP) is 8.59. The van der Waals surface area contributed by atoms with E-state index in [0.29, 0.717) is 10.8 Å². The van der Waals surface area contributed by atoms with E-state index in [9.17, 15) is 50.5 Å². The maximum Gasteiger partial charge on any atom is 0.336 e. The maximum absolute atomic E-state index is 13.1. The van der Waals surface area contributed by atoms with Crippen molar-refractivity contribution in [2.24, 2.45) is 20.5 Å². The van der Waals surface area contributed by atoms with Crippen molar-refractivity contribution in [3.05, 3.63) is 130 Å². The van der Waals surface area contributed by atoms with E-state index >= 15 is 0 Å². The molecule has 6 aromatic carbocycles. The van der Waals surface area contributed by atoms with E-state index in [0.717, 1.165) is 12.1 Å². The number of phenols is 2. The second kappa shape index (κ2) is 14.8. The standard InChI is InChI=1S/C39H24N6O13S2/c46-33-11-1-19-13-25(5-9-29(19)57-33)42-44-35-31(59(51,52)53)17-21-15-23(3-7-27(21)37(35)48)40-39(50)41-24-4-8-28-22(16-24)18-32(60(54,55)56)36(38(28)49)45-43-26-6-10-30-20(14-26)2-12-34(47)58-30/h1-18,48-49H,(H2,40,41,50)(H,51,52,53)(H,54,55,56). The lowest BCUT2D eigenvalue weighted by atomic mass is 10.1. The van der Waals surface area contributed by atoms with E-state index < -0.39 is 70.2 Å². The summed E-state index contributed by atoms with van der Waals surface area (Å²) >= 11 is 0. The van der Waals surface area contributed by atoms with E-state index in [1.54, 1.807) is 0 Å². The molecule has 0 fully saturated rings. The summed E-state index contributed by atoms with van der Waals surface area (Å²) in [7, 11) is -9.97. The number of phenolic OH excluding ortho intramolecular Hbond substituents is 2. The Bertz CT molecular complexity index is 3320. The lowest BCUT2D eigenvalue weighted by Gasteiger charge is -2.13. The summed E-state index contributed by atoms with van der Waals surface area (Å²) in [6.07, 6.45) is 0. The highest BCUT2D eigenvalue weighted by Crippen LogP contribution is 2.44. The molecule has 19 nitrogen and oxygen atoms in total. The minimum atomic E-state index is -4.99. The monoisotopic (exact) mass is 848 g/mol. The Hall–Kier alpha value is -7.85. The molecule has 0 aliphatic carbocycles. The summed E-state index contributed by atoms with van der Waals surface area (Å²) in [5.74, 6) is -1.30. The van der Waals surface area contributed by atoms with Crippen LogP contribution in [0.15, 0.2) is 158 Å². The van der Waals surface area contributed by atoms with Crippen molar-refractivity contribution in [2.75, 3.05) is 10.6 Å². The molecule has 0 unspecified atom stereocenters. The van der Waals surface area contributed by atoms with E-state index in [1.807, 2.05) is 0 Å². The van der Waals surface area contributed by atoms with Crippen LogP contribution in [0, 0.1) is 0 Å². The number of anilines is 2. The first-order valence-corrected chi connectivity index (χ1v) is 19.9. The number of hydrogen-bond acceptors (Lipinski definition) is 15. The summed E-state index contributed by atoms with van der Waals surface area (Å²) in [6, 6.07) is 23.5. The van der Waals surface area contributed by atoms with Gasteiger partial charge in [0.15, 0.2) is 11.5 Å². The number of amides is 2. The molecule has 21 heteroatoms. The average Bonchev–Trinajstić information content (AvgIpc) is 3.19. The first-order chi connectivity index (χ1) is 28.5. The first-order valence-electron chi connectivity index (χ1n) is 17.0. The molecule has 0 spiro atoms. The molecule has 0 radical (unpaired) electrons. The number of carbonyl (C=O) groups excluding carboxylic acids is 1. The smallest absolute Gasteiger partial charge is 0.336 e. The van der Waals surface area contributed by atoms with E-state index in [2.05, 4.69) is 31.1 Å². The Morgan fingerprint density at radius 2 is 0.917 bits per heavy atom. The highest BCUT2D eigenvalue weighted by atomic mass is 32.2. The Balaban J connectivity index is 1.05. The third-order valence-corrected chi connectivity index (χ3v) is 10.6. The number of aromatic hydroxyl groups is 2. The zero-order valence-electron chi connectivity index (χ0n) is 30.0. The van der Waals surface area contributed by atoms with Crippen molar-refractivity contribution in [3.63, 3.8) is 0 Å². The van der Waals surface area contributed by atoms with Gasteiger partial charge in [-0.3, -0.25) is 9.11 Å². The van der Waals surface area contributed by atoms with Crippen LogP contribution >= 0.6 is 0 Å². The number of nitrogens with one attached hydrogen (secondary N) is 2. The molecule has 60 heavy (non-hydrogen) atoms. The van der Waals surface area contributed by atoms with Crippen molar-refractivity contribution in [1.82, 2.24) is 0 Å². The minimum Gasteiger partial charge on any atom is -0.505 e. The van der Waals surface area contributed by atoms with Crippen LogP contribution in [-0.4, -0.2) is 42.2 Å². The quantitative estimate of drug-likeness (QED) is 0.0475. The SMILES string of the molecule is O=C(Nc1ccc2c(O)c(N=Nc3ccc4oc(=O)ccc4c3)c(S(=O)(=O)O)cc2c1)Nc1ccc2c(O)c(N=Nc3ccc4oc(=O)ccc4c3)c(S(=O)(=O)O)cc2c1. The van der Waals surface area contributed by atoms with Crippen LogP contribution in [-0.2, 0) is 20.2 Å². The molecule has 8 aromatic rings. The molecule has 8 rings (SSSR count). The molecule has 0 bridgehead atoms. The van der Waals surface area contributed by atoms with Crippen LogP contribution < -0.4 is 21.9 Å². The van der Waals surface area contributed by atoms with Gasteiger partial charge in [0.1, 0.15) is 32.3 Å². The molecular formula is C39H24N6O13S2. The van der Waals surface area contributed by atoms with Crippen molar-refractivity contribution in [2.45, 2.75) is 9.79 Å². The highest BCUT2D eigenvalue weighted by molar-refractivity contribution is 7.86. The molecule has 0 aliphatic rings. The van der Waals surface area contributed by atoms with E-state index in [4.69, 9.17) is 8.83 Å². The fraction of sp³-hybridized carbons (Fsp3) is 0. The van der Waals surface area contributed by atoms with Gasteiger partial charge in [0.25, 0.3) is 20.2 Å². The van der Waals surface area contributed by atoms with Gasteiger partial charge < -0.3 is 29.7 Å². The Kier molecular flexibility index (Phi) is 9.64. The van der Waals surface area contributed by atoms with Crippen LogP contribution in [0.3, 0.4) is 0 Å². The van der Waals surface area contributed by atoms with Gasteiger partial charge in [0, 0.05) is 45.1 Å². The normalized spacial score (nSPS) is 12.3. The second-order valence-electron chi connectivity index (χ2n) is 12.9. The van der Waals surface area contributed by atoms with Crippen LogP contribution in [0.4, 0.5) is 38.9 Å². The van der Waals surface area contributed by atoms with Crippen molar-refractivity contribution in [3.8, 4) is 11.5 Å². The van der Waals surface area contributed by atoms with Crippen LogP contribution in [0.2, 0.25) is 0 Å². The second-order valence-corrected chi connectivity index (χ2v) is 15.7. The summed E-state index contributed by atoms with van der Waals surface area (Å²) in [5.41, 5.74) is -1.10. The highest BCUT2D eigenvalue weighted by Gasteiger charge is 2.24. The minimum absolute atomic E-state index is 0.0680. The lowest BCUT2D eigenvalue weighted by Crippen LogP contribution is -2.19. The number of hydrogen-bond donors (Lipinski definition) is 6. The molecule has 0 saturated heterocycles. The van der Waals surface area contributed by atoms with Crippen LogP contribution in [0.25, 0.3) is 43.5 Å². The van der Waals surface area contributed by atoms with Crippen LogP contribution in [0.1, 0.15) is 0 Å². The van der Waals surface area contributed by atoms with E-state index in [-0.39, 0.29) is 55.5 Å². The zero-order valence-corrected chi connectivity index (χ0v) is 31.6. The molecule has 2 heterocycles. The Morgan fingerprint density at radius 3 is 1.32 bits per heavy atom. The molecule has 300 valence electrons. The molecule has 0 atom stereocenters. The van der Waals surface area contributed by atoms with Gasteiger partial charge in [-0.2, -0.15) is 27.1 Å². The summed E-state index contributed by atoms with van der Waals surface area (Å²) < 4.78 is 79.9. The first kappa shape index (κ1) is 39.0.